The van der Waals surface area contributed by atoms with Crippen LogP contribution in [0.1, 0.15) is 0 Å². The Hall–Kier alpha value is -7.62. The average molecular weight is 689 g/mol. The van der Waals surface area contributed by atoms with Crippen molar-refractivity contribution in [2.75, 3.05) is 0 Å². The van der Waals surface area contributed by atoms with Gasteiger partial charge in [-0.05, 0) is 63.0 Å². The Labute approximate surface area is 311 Å². The average Bonchev–Trinajstić information content (AvgIpc) is 3.26. The number of benzene rings is 7. The molecule has 3 aromatic heterocycles. The molecule has 10 rings (SSSR count). The van der Waals surface area contributed by atoms with E-state index in [9.17, 15) is 0 Å². The van der Waals surface area contributed by atoms with Gasteiger partial charge in [0, 0.05) is 51.0 Å². The molecule has 0 saturated carbocycles. The van der Waals surface area contributed by atoms with Gasteiger partial charge in [0.25, 0.3) is 0 Å². The zero-order chi connectivity index (χ0) is 36.0. The molecule has 7 aromatic carbocycles. The highest BCUT2D eigenvalue weighted by molar-refractivity contribution is 6.23. The Kier molecular flexibility index (Phi) is 7.41. The number of rotatable bonds is 5. The molecule has 0 N–H and O–H groups in total. The summed E-state index contributed by atoms with van der Waals surface area (Å²) in [5.41, 5.74) is 9.24. The molecule has 10 aromatic rings. The zero-order valence-electron chi connectivity index (χ0n) is 28.8. The van der Waals surface area contributed by atoms with E-state index in [1.807, 2.05) is 116 Å². The van der Waals surface area contributed by atoms with E-state index < -0.39 is 0 Å². The van der Waals surface area contributed by atoms with Crippen molar-refractivity contribution in [3.05, 3.63) is 182 Å². The quantitative estimate of drug-likeness (QED) is 0.133. The van der Waals surface area contributed by atoms with Gasteiger partial charge in [0.1, 0.15) is 0 Å². The third kappa shape index (κ3) is 5.23. The van der Waals surface area contributed by atoms with Crippen LogP contribution in [0.4, 0.5) is 5.69 Å². The lowest BCUT2D eigenvalue weighted by Gasteiger charge is -2.16. The maximum absolute atomic E-state index is 7.77. The number of aromatic nitrogens is 5. The fourth-order valence-electron chi connectivity index (χ4n) is 7.51. The number of pyridine rings is 2. The van der Waals surface area contributed by atoms with Gasteiger partial charge in [0.05, 0.1) is 17.6 Å². The first-order chi connectivity index (χ1) is 26.7. The summed E-state index contributed by atoms with van der Waals surface area (Å²) in [6.45, 7) is 7.77. The molecule has 6 nitrogen and oxygen atoms in total. The lowest BCUT2D eigenvalue weighted by Crippen LogP contribution is -2.00. The normalized spacial score (nSPS) is 11.3. The van der Waals surface area contributed by atoms with Crippen LogP contribution in [0.2, 0.25) is 0 Å². The molecule has 0 saturated heterocycles. The molecule has 0 amide bonds. The third-order valence-corrected chi connectivity index (χ3v) is 10.0. The van der Waals surface area contributed by atoms with E-state index >= 15 is 0 Å². The summed E-state index contributed by atoms with van der Waals surface area (Å²) in [7, 11) is 0. The molecule has 3 heterocycles. The van der Waals surface area contributed by atoms with Gasteiger partial charge in [-0.1, -0.05) is 127 Å². The number of hydrogen-bond acceptors (Lipinski definition) is 5. The van der Waals surface area contributed by atoms with Crippen molar-refractivity contribution in [3.8, 4) is 56.4 Å². The molecule has 54 heavy (non-hydrogen) atoms. The van der Waals surface area contributed by atoms with Crippen molar-refractivity contribution in [2.45, 2.75) is 0 Å². The lowest BCUT2D eigenvalue weighted by atomic mass is 9.89. The van der Waals surface area contributed by atoms with Gasteiger partial charge in [0.15, 0.2) is 23.2 Å². The fraction of sp³-hybridized carbons (Fsp3) is 0. The molecule has 6 heteroatoms. The van der Waals surface area contributed by atoms with Crippen molar-refractivity contribution in [1.82, 2.24) is 24.9 Å². The smallest absolute Gasteiger partial charge is 0.194 e. The highest BCUT2D eigenvalue weighted by Gasteiger charge is 2.19. The summed E-state index contributed by atoms with van der Waals surface area (Å²) in [6, 6.07) is 53.3. The molecule has 0 bridgehead atoms. The number of nitrogens with zero attached hydrogens (tertiary/aromatic N) is 6. The van der Waals surface area contributed by atoms with Crippen molar-refractivity contribution >= 4 is 49.0 Å². The highest BCUT2D eigenvalue weighted by Crippen LogP contribution is 2.43. The van der Waals surface area contributed by atoms with Crippen molar-refractivity contribution < 1.29 is 0 Å². The molecule has 0 aliphatic carbocycles. The molecule has 0 radical (unpaired) electrons. The maximum atomic E-state index is 7.77. The molecule has 0 aliphatic heterocycles. The minimum absolute atomic E-state index is 0.596. The Balaban J connectivity index is 1.19. The SMILES string of the molecule is [C-]#[N+]c1ccc(-c2cc3c4cccnc4c(-c4cccc(-c5nc(-c6ccccc6)nc(-c6ccccc6)n5)c4)cc3c3cccnc23)c2ccccc12. The summed E-state index contributed by atoms with van der Waals surface area (Å²) in [4.78, 5) is 28.6. The molecule has 0 spiro atoms. The van der Waals surface area contributed by atoms with Gasteiger partial charge in [0.2, 0.25) is 0 Å². The van der Waals surface area contributed by atoms with Gasteiger partial charge in [-0.2, -0.15) is 0 Å². The zero-order valence-corrected chi connectivity index (χ0v) is 28.8. The Morgan fingerprint density at radius 2 is 0.852 bits per heavy atom. The highest BCUT2D eigenvalue weighted by atomic mass is 15.0. The minimum atomic E-state index is 0.596. The van der Waals surface area contributed by atoms with Crippen molar-refractivity contribution in [1.29, 1.82) is 0 Å². The molecule has 250 valence electrons. The van der Waals surface area contributed by atoms with E-state index in [-0.39, 0.29) is 0 Å². The summed E-state index contributed by atoms with van der Waals surface area (Å²) in [6.07, 6.45) is 3.70. The topological polar surface area (TPSA) is 68.8 Å². The summed E-state index contributed by atoms with van der Waals surface area (Å²) in [5.74, 6) is 1.83. The van der Waals surface area contributed by atoms with E-state index in [2.05, 4.69) is 59.4 Å². The van der Waals surface area contributed by atoms with Crippen LogP contribution in [0.3, 0.4) is 0 Å². The lowest BCUT2D eigenvalue weighted by molar-refractivity contribution is 1.07. The minimum Gasteiger partial charge on any atom is -0.256 e. The van der Waals surface area contributed by atoms with Crippen molar-refractivity contribution in [3.63, 3.8) is 0 Å². The van der Waals surface area contributed by atoms with Crippen molar-refractivity contribution in [2.24, 2.45) is 0 Å². The van der Waals surface area contributed by atoms with Crippen LogP contribution >= 0.6 is 0 Å². The van der Waals surface area contributed by atoms with E-state index in [1.54, 1.807) is 0 Å². The van der Waals surface area contributed by atoms with Crippen LogP contribution in [0.15, 0.2) is 170 Å². The molecular weight excluding hydrogens is 661 g/mol. The van der Waals surface area contributed by atoms with Gasteiger partial charge in [-0.3, -0.25) is 9.97 Å². The first-order valence-electron chi connectivity index (χ1n) is 17.7. The van der Waals surface area contributed by atoms with Crippen LogP contribution in [0.25, 0.3) is 105 Å². The van der Waals surface area contributed by atoms with Crippen LogP contribution in [-0.2, 0) is 0 Å². The standard InChI is InChI=1S/C48H28N6/c1-49-43-24-23-35(34-19-8-9-20-36(34)43)42-29-41-37-21-11-25-50-44(37)39(28-40(41)38-22-12-26-51-45(38)42)32-17-10-18-33(27-32)48-53-46(30-13-4-2-5-14-30)52-47(54-48)31-15-6-3-7-16-31/h2-29H. The maximum Gasteiger partial charge on any atom is 0.194 e. The number of hydrogen-bond donors (Lipinski definition) is 0. The predicted octanol–water partition coefficient (Wildman–Crippen LogP) is 12.2. The second kappa shape index (κ2) is 12.9. The van der Waals surface area contributed by atoms with Gasteiger partial charge < -0.3 is 0 Å². The summed E-state index contributed by atoms with van der Waals surface area (Å²) in [5, 5.41) is 6.22. The first-order valence-corrected chi connectivity index (χ1v) is 17.7. The molecule has 0 atom stereocenters. The Morgan fingerprint density at radius 1 is 0.352 bits per heavy atom. The molecule has 0 aliphatic rings. The van der Waals surface area contributed by atoms with Crippen LogP contribution in [0, 0.1) is 6.57 Å². The molecule has 0 fully saturated rings. The predicted molar refractivity (Wildman–Crippen MR) is 219 cm³/mol. The monoisotopic (exact) mass is 688 g/mol. The molecule has 0 unspecified atom stereocenters. The third-order valence-electron chi connectivity index (χ3n) is 10.0. The number of fused-ring (bicyclic) bond motifs is 6. The fourth-order valence-corrected chi connectivity index (χ4v) is 7.51. The van der Waals surface area contributed by atoms with Crippen LogP contribution < -0.4 is 0 Å². The largest absolute Gasteiger partial charge is 0.256 e. The van der Waals surface area contributed by atoms with E-state index in [4.69, 9.17) is 31.5 Å². The second-order valence-corrected chi connectivity index (χ2v) is 13.2. The van der Waals surface area contributed by atoms with Gasteiger partial charge in [-0.25, -0.2) is 19.8 Å². The Bertz CT molecular complexity index is 3060. The van der Waals surface area contributed by atoms with E-state index in [0.29, 0.717) is 23.2 Å². The van der Waals surface area contributed by atoms with E-state index in [0.717, 1.165) is 82.3 Å². The molecular formula is C48H28N6. The van der Waals surface area contributed by atoms with Crippen LogP contribution in [-0.4, -0.2) is 24.9 Å². The van der Waals surface area contributed by atoms with Crippen LogP contribution in [0.5, 0.6) is 0 Å². The summed E-state index contributed by atoms with van der Waals surface area (Å²) < 4.78 is 0. The second-order valence-electron chi connectivity index (χ2n) is 13.2. The van der Waals surface area contributed by atoms with E-state index in [1.165, 1.54) is 0 Å². The Morgan fingerprint density at radius 3 is 1.48 bits per heavy atom. The summed E-state index contributed by atoms with van der Waals surface area (Å²) >= 11 is 0. The first kappa shape index (κ1) is 31.1. The van der Waals surface area contributed by atoms with Gasteiger partial charge >= 0.3 is 0 Å². The van der Waals surface area contributed by atoms with Gasteiger partial charge in [-0.15, -0.1) is 0 Å².